The van der Waals surface area contributed by atoms with Crippen LogP contribution in [-0.4, -0.2) is 33.8 Å². The summed E-state index contributed by atoms with van der Waals surface area (Å²) in [6.45, 7) is 1.92. The van der Waals surface area contributed by atoms with Gasteiger partial charge < -0.3 is 14.7 Å². The Bertz CT molecular complexity index is 1210. The van der Waals surface area contributed by atoms with Crippen LogP contribution in [0.25, 0.3) is 5.76 Å². The quantitative estimate of drug-likeness (QED) is 0.372. The van der Waals surface area contributed by atoms with Crippen LogP contribution in [-0.2, 0) is 16.1 Å². The molecular weight excluding hydrogens is 411 g/mol. The van der Waals surface area contributed by atoms with Crippen LogP contribution in [0, 0.1) is 12.7 Å². The highest BCUT2D eigenvalue weighted by atomic mass is 19.1. The number of aryl methyl sites for hydroxylation is 1. The van der Waals surface area contributed by atoms with E-state index in [1.54, 1.807) is 49.8 Å². The van der Waals surface area contributed by atoms with E-state index in [4.69, 9.17) is 4.74 Å². The zero-order valence-electron chi connectivity index (χ0n) is 17.6. The summed E-state index contributed by atoms with van der Waals surface area (Å²) in [6, 6.07) is 13.2. The Morgan fingerprint density at radius 2 is 1.91 bits per heavy atom. The van der Waals surface area contributed by atoms with Crippen LogP contribution >= 0.6 is 0 Å². The number of hydrogen-bond acceptors (Lipinski definition) is 5. The molecule has 7 heteroatoms. The number of likely N-dealkylation sites (tertiary alicyclic amines) is 1. The first-order chi connectivity index (χ1) is 15.4. The second kappa shape index (κ2) is 8.63. The largest absolute Gasteiger partial charge is 0.507 e. The summed E-state index contributed by atoms with van der Waals surface area (Å²) >= 11 is 0. The number of pyridine rings is 1. The van der Waals surface area contributed by atoms with E-state index >= 15 is 0 Å². The van der Waals surface area contributed by atoms with Crippen molar-refractivity contribution in [2.24, 2.45) is 0 Å². The van der Waals surface area contributed by atoms with Crippen LogP contribution in [0.5, 0.6) is 5.75 Å². The van der Waals surface area contributed by atoms with Gasteiger partial charge in [0.2, 0.25) is 0 Å². The number of nitrogens with zero attached hydrogens (tertiary/aromatic N) is 2. The molecule has 1 aliphatic heterocycles. The highest BCUT2D eigenvalue weighted by Crippen LogP contribution is 2.40. The molecule has 1 aromatic heterocycles. The van der Waals surface area contributed by atoms with Crippen molar-refractivity contribution in [1.29, 1.82) is 0 Å². The van der Waals surface area contributed by atoms with E-state index in [-0.39, 0.29) is 17.9 Å². The van der Waals surface area contributed by atoms with E-state index in [2.05, 4.69) is 4.98 Å². The normalized spacial score (nSPS) is 17.6. The van der Waals surface area contributed by atoms with Crippen molar-refractivity contribution in [1.82, 2.24) is 9.88 Å². The Kier molecular flexibility index (Phi) is 5.73. The van der Waals surface area contributed by atoms with Gasteiger partial charge in [0.05, 0.1) is 18.7 Å². The molecule has 2 heterocycles. The highest BCUT2D eigenvalue weighted by Gasteiger charge is 2.46. The summed E-state index contributed by atoms with van der Waals surface area (Å²) in [5.74, 6) is -1.64. The first-order valence-corrected chi connectivity index (χ1v) is 9.98. The van der Waals surface area contributed by atoms with Gasteiger partial charge in [-0.25, -0.2) is 4.39 Å². The van der Waals surface area contributed by atoms with Crippen LogP contribution in [0.3, 0.4) is 0 Å². The molecule has 0 bridgehead atoms. The average molecular weight is 432 g/mol. The number of amides is 1. The van der Waals surface area contributed by atoms with Crippen molar-refractivity contribution in [3.8, 4) is 5.75 Å². The lowest BCUT2D eigenvalue weighted by Gasteiger charge is -2.25. The second-order valence-electron chi connectivity index (χ2n) is 7.52. The van der Waals surface area contributed by atoms with Crippen molar-refractivity contribution < 1.29 is 23.8 Å². The SMILES string of the molecule is COc1ccc(/C(O)=C2\C(=O)C(=O)N(Cc3cccnc3)[C@H]2c2ccc(F)cc2)cc1C. The summed E-state index contributed by atoms with van der Waals surface area (Å²) in [7, 11) is 1.54. The number of ketones is 1. The smallest absolute Gasteiger partial charge is 0.295 e. The van der Waals surface area contributed by atoms with Crippen LogP contribution < -0.4 is 4.74 Å². The highest BCUT2D eigenvalue weighted by molar-refractivity contribution is 6.46. The number of rotatable bonds is 5. The van der Waals surface area contributed by atoms with Crippen molar-refractivity contribution in [2.75, 3.05) is 7.11 Å². The topological polar surface area (TPSA) is 79.7 Å². The number of benzene rings is 2. The fraction of sp³-hybridized carbons (Fsp3) is 0.160. The minimum Gasteiger partial charge on any atom is -0.507 e. The molecule has 6 nitrogen and oxygen atoms in total. The molecule has 3 aromatic rings. The van der Waals surface area contributed by atoms with E-state index in [1.165, 1.54) is 29.2 Å². The molecule has 0 radical (unpaired) electrons. The van der Waals surface area contributed by atoms with Gasteiger partial charge in [-0.3, -0.25) is 14.6 Å². The first-order valence-electron chi connectivity index (χ1n) is 9.98. The number of aromatic nitrogens is 1. The number of halogens is 1. The van der Waals surface area contributed by atoms with Crippen LogP contribution in [0.1, 0.15) is 28.3 Å². The van der Waals surface area contributed by atoms with Gasteiger partial charge in [0.1, 0.15) is 17.3 Å². The van der Waals surface area contributed by atoms with Crippen molar-refractivity contribution in [3.63, 3.8) is 0 Å². The minimum absolute atomic E-state index is 0.0462. The molecule has 1 atom stereocenters. The molecule has 0 saturated carbocycles. The molecule has 0 aliphatic carbocycles. The maximum atomic E-state index is 13.6. The number of aliphatic hydroxyl groups excluding tert-OH is 1. The fourth-order valence-electron chi connectivity index (χ4n) is 3.90. The van der Waals surface area contributed by atoms with E-state index in [0.29, 0.717) is 16.9 Å². The van der Waals surface area contributed by atoms with Gasteiger partial charge >= 0.3 is 0 Å². The maximum absolute atomic E-state index is 13.6. The first kappa shape index (κ1) is 21.2. The Hall–Kier alpha value is -4.00. The van der Waals surface area contributed by atoms with Gasteiger partial charge in [0.15, 0.2) is 0 Å². The third kappa shape index (κ3) is 3.85. The number of aliphatic hydroxyl groups is 1. The third-order valence-corrected chi connectivity index (χ3v) is 5.47. The monoisotopic (exact) mass is 432 g/mol. The maximum Gasteiger partial charge on any atom is 0.295 e. The average Bonchev–Trinajstić information content (AvgIpc) is 3.04. The summed E-state index contributed by atoms with van der Waals surface area (Å²) in [5.41, 5.74) is 2.34. The standard InChI is InChI=1S/C25H21FN2O4/c1-15-12-18(7-10-20(15)32-2)23(29)21-22(17-5-8-19(26)9-6-17)28(25(31)24(21)30)14-16-4-3-11-27-13-16/h3-13,22,29H,14H2,1-2H3/b23-21+/t22-/m0/s1. The minimum atomic E-state index is -0.877. The molecule has 1 saturated heterocycles. The second-order valence-corrected chi connectivity index (χ2v) is 7.52. The van der Waals surface area contributed by atoms with Gasteiger partial charge in [-0.1, -0.05) is 18.2 Å². The lowest BCUT2D eigenvalue weighted by atomic mass is 9.94. The number of ether oxygens (including phenoxy) is 1. The molecule has 1 aliphatic rings. The number of carbonyl (C=O) groups is 2. The van der Waals surface area contributed by atoms with Crippen molar-refractivity contribution in [3.05, 3.63) is 101 Å². The lowest BCUT2D eigenvalue weighted by Crippen LogP contribution is -2.29. The summed E-state index contributed by atoms with van der Waals surface area (Å²) in [5, 5.41) is 11.1. The van der Waals surface area contributed by atoms with Gasteiger partial charge in [-0.15, -0.1) is 0 Å². The van der Waals surface area contributed by atoms with Crippen LogP contribution in [0.4, 0.5) is 4.39 Å². The van der Waals surface area contributed by atoms with E-state index in [1.807, 2.05) is 6.92 Å². The number of Topliss-reactive ketones (excluding diaryl/α,β-unsaturated/α-hetero) is 1. The molecule has 2 aromatic carbocycles. The number of methoxy groups -OCH3 is 1. The summed E-state index contributed by atoms with van der Waals surface area (Å²) in [4.78, 5) is 31.5. The predicted molar refractivity (Wildman–Crippen MR) is 116 cm³/mol. The van der Waals surface area contributed by atoms with E-state index in [9.17, 15) is 19.1 Å². The Morgan fingerprint density at radius 1 is 1.16 bits per heavy atom. The Labute approximate surface area is 184 Å². The van der Waals surface area contributed by atoms with Crippen molar-refractivity contribution in [2.45, 2.75) is 19.5 Å². The molecule has 1 fully saturated rings. The molecule has 0 unspecified atom stereocenters. The van der Waals surface area contributed by atoms with E-state index < -0.39 is 23.5 Å². The Balaban J connectivity index is 1.86. The molecule has 162 valence electrons. The third-order valence-electron chi connectivity index (χ3n) is 5.47. The van der Waals surface area contributed by atoms with Gasteiger partial charge in [0, 0.05) is 24.5 Å². The molecule has 0 spiro atoms. The molecule has 1 amide bonds. The predicted octanol–water partition coefficient (Wildman–Crippen LogP) is 4.16. The van der Waals surface area contributed by atoms with Gasteiger partial charge in [0.25, 0.3) is 11.7 Å². The molecule has 4 rings (SSSR count). The summed E-state index contributed by atoms with van der Waals surface area (Å²) < 4.78 is 18.8. The van der Waals surface area contributed by atoms with E-state index in [0.717, 1.165) is 11.1 Å². The molecule has 32 heavy (non-hydrogen) atoms. The Morgan fingerprint density at radius 3 is 2.53 bits per heavy atom. The number of carbonyl (C=O) groups excluding carboxylic acids is 2. The van der Waals surface area contributed by atoms with Crippen LogP contribution in [0.2, 0.25) is 0 Å². The van der Waals surface area contributed by atoms with Gasteiger partial charge in [-0.2, -0.15) is 0 Å². The zero-order valence-corrected chi connectivity index (χ0v) is 17.6. The molecular formula is C25H21FN2O4. The van der Waals surface area contributed by atoms with Crippen LogP contribution in [0.15, 0.2) is 72.6 Å². The van der Waals surface area contributed by atoms with Crippen molar-refractivity contribution >= 4 is 17.4 Å². The molecule has 1 N–H and O–H groups in total. The zero-order chi connectivity index (χ0) is 22.8. The lowest BCUT2D eigenvalue weighted by molar-refractivity contribution is -0.140. The fourth-order valence-corrected chi connectivity index (χ4v) is 3.90. The number of hydrogen-bond donors (Lipinski definition) is 1. The van der Waals surface area contributed by atoms with Gasteiger partial charge in [-0.05, 0) is 60.0 Å². The summed E-state index contributed by atoms with van der Waals surface area (Å²) in [6.07, 6.45) is 3.22.